The molecule has 1 aromatic carbocycles. The predicted molar refractivity (Wildman–Crippen MR) is 102 cm³/mol. The van der Waals surface area contributed by atoms with Gasteiger partial charge in [-0.15, -0.1) is 0 Å². The van der Waals surface area contributed by atoms with Gasteiger partial charge in [0.15, 0.2) is 8.38 Å². The quantitative estimate of drug-likeness (QED) is 0.634. The van der Waals surface area contributed by atoms with Crippen LogP contribution in [0.3, 0.4) is 0 Å². The average Bonchev–Trinajstić information content (AvgIpc) is 2.62. The first-order valence-corrected chi connectivity index (χ1v) is 9.68. The lowest BCUT2D eigenvalue weighted by Crippen LogP contribution is -2.03. The van der Waals surface area contributed by atoms with Crippen molar-refractivity contribution in [3.8, 4) is 11.1 Å². The minimum Gasteiger partial charge on any atom is -0.334 e. The van der Waals surface area contributed by atoms with E-state index in [4.69, 9.17) is 9.05 Å². The summed E-state index contributed by atoms with van der Waals surface area (Å²) in [5, 5.41) is 0.931. The van der Waals surface area contributed by atoms with E-state index in [0.717, 1.165) is 22.7 Å². The number of rotatable bonds is 7. The maximum Gasteiger partial charge on any atom is 0.249 e. The maximum absolute atomic E-state index is 11.5. The molecule has 2 heterocycles. The van der Waals surface area contributed by atoms with Crippen molar-refractivity contribution >= 4 is 19.4 Å². The number of fused-ring (bicyclic) bond motifs is 1. The van der Waals surface area contributed by atoms with Crippen molar-refractivity contribution in [3.63, 3.8) is 0 Å². The number of hydrogen-bond acceptors (Lipinski definition) is 4. The number of benzene rings is 1. The van der Waals surface area contributed by atoms with Crippen molar-refractivity contribution < 1.29 is 9.05 Å². The molecule has 0 bridgehead atoms. The Bertz CT molecular complexity index is 887. The van der Waals surface area contributed by atoms with Crippen LogP contribution in [-0.4, -0.2) is 23.2 Å². The largest absolute Gasteiger partial charge is 0.334 e. The SMILES string of the molecule is CCOP(Cc1ccc(-c2ccnc3[nH]c(=O)ccc23)cc1)OCC. The van der Waals surface area contributed by atoms with Gasteiger partial charge >= 0.3 is 0 Å². The molecule has 3 rings (SSSR count). The summed E-state index contributed by atoms with van der Waals surface area (Å²) in [4.78, 5) is 18.5. The number of nitrogens with one attached hydrogen (secondary N) is 1. The third-order valence-electron chi connectivity index (χ3n) is 3.76. The van der Waals surface area contributed by atoms with E-state index in [-0.39, 0.29) is 5.56 Å². The first-order valence-electron chi connectivity index (χ1n) is 8.32. The highest BCUT2D eigenvalue weighted by Gasteiger charge is 2.11. The van der Waals surface area contributed by atoms with Gasteiger partial charge in [0.1, 0.15) is 5.65 Å². The summed E-state index contributed by atoms with van der Waals surface area (Å²) >= 11 is 0. The fraction of sp³-hybridized carbons (Fsp3) is 0.263. The molecule has 0 fully saturated rings. The van der Waals surface area contributed by atoms with Crippen LogP contribution >= 0.6 is 8.38 Å². The molecular weight excluding hydrogens is 335 g/mol. The van der Waals surface area contributed by atoms with Crippen LogP contribution in [0.2, 0.25) is 0 Å². The van der Waals surface area contributed by atoms with Gasteiger partial charge in [0.2, 0.25) is 5.56 Å². The van der Waals surface area contributed by atoms with Crippen molar-refractivity contribution in [2.24, 2.45) is 0 Å². The minimum atomic E-state index is -0.883. The Kier molecular flexibility index (Phi) is 5.92. The molecule has 25 heavy (non-hydrogen) atoms. The molecule has 0 saturated heterocycles. The number of aromatic amines is 1. The predicted octanol–water partition coefficient (Wildman–Crippen LogP) is 4.48. The van der Waals surface area contributed by atoms with Crippen LogP contribution in [0.1, 0.15) is 19.4 Å². The molecule has 0 atom stereocenters. The second-order valence-electron chi connectivity index (χ2n) is 5.47. The standard InChI is InChI=1S/C19H21N2O3P/c1-3-23-25(24-4-2)13-14-5-7-15(8-6-14)16-11-12-20-19-17(16)9-10-18(22)21-19/h5-12H,3-4,13H2,1-2H3,(H,20,21,22). The Morgan fingerprint density at radius 2 is 1.72 bits per heavy atom. The van der Waals surface area contributed by atoms with E-state index in [1.807, 2.05) is 26.0 Å². The first-order chi connectivity index (χ1) is 12.2. The molecule has 0 aliphatic carbocycles. The maximum atomic E-state index is 11.5. The van der Waals surface area contributed by atoms with Crippen molar-refractivity contribution in [3.05, 3.63) is 64.6 Å². The Balaban J connectivity index is 1.86. The molecule has 130 valence electrons. The van der Waals surface area contributed by atoms with E-state index >= 15 is 0 Å². The highest BCUT2D eigenvalue weighted by molar-refractivity contribution is 7.46. The Morgan fingerprint density at radius 1 is 1.00 bits per heavy atom. The van der Waals surface area contributed by atoms with Gasteiger partial charge in [0, 0.05) is 23.8 Å². The van der Waals surface area contributed by atoms with Gasteiger partial charge in [-0.25, -0.2) is 4.98 Å². The third kappa shape index (κ3) is 4.31. The van der Waals surface area contributed by atoms with E-state index in [9.17, 15) is 4.79 Å². The minimum absolute atomic E-state index is 0.146. The van der Waals surface area contributed by atoms with Crippen LogP contribution in [0, 0.1) is 0 Å². The molecule has 0 unspecified atom stereocenters. The molecule has 3 aromatic rings. The topological polar surface area (TPSA) is 64.2 Å². The van der Waals surface area contributed by atoms with Crippen LogP contribution in [-0.2, 0) is 15.2 Å². The molecule has 6 heteroatoms. The Hall–Kier alpha value is -2.07. The fourth-order valence-electron chi connectivity index (χ4n) is 2.67. The lowest BCUT2D eigenvalue weighted by atomic mass is 10.0. The summed E-state index contributed by atoms with van der Waals surface area (Å²) in [5.74, 6) is 0. The number of pyridine rings is 2. The van der Waals surface area contributed by atoms with Gasteiger partial charge in [0.25, 0.3) is 0 Å². The molecule has 0 radical (unpaired) electrons. The second kappa shape index (κ2) is 8.34. The highest BCUT2D eigenvalue weighted by atomic mass is 31.2. The Morgan fingerprint density at radius 3 is 2.40 bits per heavy atom. The van der Waals surface area contributed by atoms with Crippen LogP contribution < -0.4 is 5.56 Å². The van der Waals surface area contributed by atoms with Gasteiger partial charge in [-0.05, 0) is 42.7 Å². The monoisotopic (exact) mass is 356 g/mol. The summed E-state index contributed by atoms with van der Waals surface area (Å²) in [5.41, 5.74) is 3.77. The number of aromatic nitrogens is 2. The summed E-state index contributed by atoms with van der Waals surface area (Å²) < 4.78 is 11.3. The van der Waals surface area contributed by atoms with Crippen molar-refractivity contribution in [1.82, 2.24) is 9.97 Å². The van der Waals surface area contributed by atoms with Gasteiger partial charge in [0.05, 0.1) is 13.2 Å². The summed E-state index contributed by atoms with van der Waals surface area (Å²) in [6, 6.07) is 13.7. The zero-order valence-electron chi connectivity index (χ0n) is 14.4. The Labute approximate surface area is 147 Å². The average molecular weight is 356 g/mol. The van der Waals surface area contributed by atoms with E-state index in [2.05, 4.69) is 34.2 Å². The van der Waals surface area contributed by atoms with Gasteiger partial charge in [-0.1, -0.05) is 24.3 Å². The highest BCUT2D eigenvalue weighted by Crippen LogP contribution is 2.42. The second-order valence-corrected chi connectivity index (χ2v) is 6.96. The lowest BCUT2D eigenvalue weighted by Gasteiger charge is -2.16. The van der Waals surface area contributed by atoms with Gasteiger partial charge < -0.3 is 14.0 Å². The van der Waals surface area contributed by atoms with E-state index < -0.39 is 8.38 Å². The summed E-state index contributed by atoms with van der Waals surface area (Å²) in [7, 11) is -0.883. The van der Waals surface area contributed by atoms with Gasteiger partial charge in [-0.2, -0.15) is 0 Å². The van der Waals surface area contributed by atoms with Crippen molar-refractivity contribution in [2.75, 3.05) is 13.2 Å². The number of hydrogen-bond donors (Lipinski definition) is 1. The molecule has 0 spiro atoms. The molecule has 2 aromatic heterocycles. The van der Waals surface area contributed by atoms with Crippen LogP contribution in [0.4, 0.5) is 0 Å². The third-order valence-corrected chi connectivity index (χ3v) is 5.47. The summed E-state index contributed by atoms with van der Waals surface area (Å²) in [6.45, 7) is 5.28. The molecule has 0 aliphatic rings. The van der Waals surface area contributed by atoms with E-state index in [0.29, 0.717) is 18.9 Å². The molecule has 5 nitrogen and oxygen atoms in total. The molecule has 0 aliphatic heterocycles. The lowest BCUT2D eigenvalue weighted by molar-refractivity contribution is 0.268. The van der Waals surface area contributed by atoms with Gasteiger partial charge in [-0.3, -0.25) is 4.79 Å². The summed E-state index contributed by atoms with van der Waals surface area (Å²) in [6.07, 6.45) is 2.49. The smallest absolute Gasteiger partial charge is 0.249 e. The molecular formula is C19H21N2O3P. The van der Waals surface area contributed by atoms with Crippen LogP contribution in [0.25, 0.3) is 22.2 Å². The van der Waals surface area contributed by atoms with E-state index in [1.165, 1.54) is 11.6 Å². The fourth-order valence-corrected chi connectivity index (χ4v) is 4.01. The molecule has 1 N–H and O–H groups in total. The van der Waals surface area contributed by atoms with Crippen molar-refractivity contribution in [2.45, 2.75) is 20.0 Å². The zero-order chi connectivity index (χ0) is 17.6. The zero-order valence-corrected chi connectivity index (χ0v) is 15.3. The van der Waals surface area contributed by atoms with Crippen molar-refractivity contribution in [1.29, 1.82) is 0 Å². The molecule has 0 saturated carbocycles. The van der Waals surface area contributed by atoms with Crippen LogP contribution in [0.5, 0.6) is 0 Å². The molecule has 0 amide bonds. The number of nitrogens with zero attached hydrogens (tertiary/aromatic N) is 1. The first kappa shape index (κ1) is 17.7. The van der Waals surface area contributed by atoms with E-state index in [1.54, 1.807) is 6.20 Å². The van der Waals surface area contributed by atoms with Crippen LogP contribution in [0.15, 0.2) is 53.5 Å². The number of H-pyrrole nitrogens is 1. The normalized spacial score (nSPS) is 11.3.